The zero-order chi connectivity index (χ0) is 11.0. The molecule has 0 fully saturated rings. The second kappa shape index (κ2) is 7.32. The van der Waals surface area contributed by atoms with Crippen molar-refractivity contribution in [1.82, 2.24) is 10.2 Å². The van der Waals surface area contributed by atoms with Crippen molar-refractivity contribution in [2.45, 2.75) is 20.3 Å². The number of likely N-dealkylation sites (N-methyl/N-ethyl adjacent to an activating group) is 1. The smallest absolute Gasteiger partial charge is 0.304 e. The zero-order valence-electron chi connectivity index (χ0n) is 8.75. The number of aliphatic carboxylic acids is 1. The minimum absolute atomic E-state index is 0.0142. The van der Waals surface area contributed by atoms with Crippen molar-refractivity contribution in [3.8, 4) is 0 Å². The van der Waals surface area contributed by atoms with E-state index in [0.29, 0.717) is 19.6 Å². The number of nitrogens with one attached hydrogen (secondary N) is 1. The number of nitrogens with zero attached hydrogens (tertiary/aromatic N) is 1. The Morgan fingerprint density at radius 3 is 2.29 bits per heavy atom. The highest BCUT2D eigenvalue weighted by atomic mass is 16.4. The van der Waals surface area contributed by atoms with Crippen LogP contribution in [-0.4, -0.2) is 48.1 Å². The maximum absolute atomic E-state index is 11.4. The highest BCUT2D eigenvalue weighted by molar-refractivity contribution is 5.78. The Labute approximate surface area is 84.1 Å². The molecule has 0 aromatic rings. The summed E-state index contributed by atoms with van der Waals surface area (Å²) in [6, 6.07) is 0. The van der Waals surface area contributed by atoms with Crippen LogP contribution in [-0.2, 0) is 9.59 Å². The molecule has 2 N–H and O–H groups in total. The lowest BCUT2D eigenvalue weighted by Crippen LogP contribution is -2.38. The van der Waals surface area contributed by atoms with Crippen LogP contribution in [0.2, 0.25) is 0 Å². The second-order valence-corrected chi connectivity index (χ2v) is 2.89. The van der Waals surface area contributed by atoms with Gasteiger partial charge in [0, 0.05) is 19.6 Å². The van der Waals surface area contributed by atoms with Gasteiger partial charge in [-0.15, -0.1) is 0 Å². The molecule has 0 saturated carbocycles. The topological polar surface area (TPSA) is 69.6 Å². The lowest BCUT2D eigenvalue weighted by atomic mass is 10.4. The molecule has 0 aliphatic carbocycles. The van der Waals surface area contributed by atoms with E-state index in [1.165, 1.54) is 0 Å². The summed E-state index contributed by atoms with van der Waals surface area (Å²) in [6.45, 7) is 5.76. The maximum Gasteiger partial charge on any atom is 0.304 e. The number of amides is 1. The van der Waals surface area contributed by atoms with E-state index >= 15 is 0 Å². The lowest BCUT2D eigenvalue weighted by Gasteiger charge is -2.18. The molecule has 0 heterocycles. The zero-order valence-corrected chi connectivity index (χ0v) is 8.75. The summed E-state index contributed by atoms with van der Waals surface area (Å²) in [5, 5.41) is 11.1. The standard InChI is InChI=1S/C9H18N2O3/c1-3-11(4-2)8(12)7-10-6-5-9(13)14/h10H,3-7H2,1-2H3,(H,13,14). The van der Waals surface area contributed by atoms with Gasteiger partial charge in [0.25, 0.3) is 0 Å². The van der Waals surface area contributed by atoms with E-state index in [1.807, 2.05) is 13.8 Å². The van der Waals surface area contributed by atoms with Crippen LogP contribution in [0.4, 0.5) is 0 Å². The van der Waals surface area contributed by atoms with Crippen molar-refractivity contribution in [2.75, 3.05) is 26.2 Å². The van der Waals surface area contributed by atoms with Gasteiger partial charge in [0.15, 0.2) is 0 Å². The van der Waals surface area contributed by atoms with Crippen LogP contribution in [0, 0.1) is 0 Å². The van der Waals surface area contributed by atoms with Gasteiger partial charge < -0.3 is 15.3 Å². The molecule has 0 saturated heterocycles. The number of carboxylic acid groups (broad SMARTS) is 1. The monoisotopic (exact) mass is 202 g/mol. The van der Waals surface area contributed by atoms with Gasteiger partial charge in [0.2, 0.25) is 5.91 Å². The average Bonchev–Trinajstić information content (AvgIpc) is 2.14. The van der Waals surface area contributed by atoms with Crippen molar-refractivity contribution < 1.29 is 14.7 Å². The quantitative estimate of drug-likeness (QED) is 0.566. The van der Waals surface area contributed by atoms with E-state index in [9.17, 15) is 9.59 Å². The molecule has 0 aliphatic rings. The van der Waals surface area contributed by atoms with Gasteiger partial charge in [-0.05, 0) is 13.8 Å². The molecule has 0 aliphatic heterocycles. The van der Waals surface area contributed by atoms with Crippen molar-refractivity contribution >= 4 is 11.9 Å². The number of carbonyl (C=O) groups is 2. The Morgan fingerprint density at radius 2 is 1.86 bits per heavy atom. The van der Waals surface area contributed by atoms with E-state index in [-0.39, 0.29) is 18.9 Å². The molecule has 0 spiro atoms. The van der Waals surface area contributed by atoms with Crippen LogP contribution in [0.1, 0.15) is 20.3 Å². The molecule has 0 aromatic heterocycles. The third-order valence-electron chi connectivity index (χ3n) is 1.91. The Balaban J connectivity index is 3.57. The number of carbonyl (C=O) groups excluding carboxylic acids is 1. The first-order chi connectivity index (χ1) is 6.61. The SMILES string of the molecule is CCN(CC)C(=O)CNCCC(=O)O. The van der Waals surface area contributed by atoms with Gasteiger partial charge in [-0.3, -0.25) is 9.59 Å². The number of carboxylic acids is 1. The second-order valence-electron chi connectivity index (χ2n) is 2.89. The van der Waals surface area contributed by atoms with Crippen molar-refractivity contribution in [1.29, 1.82) is 0 Å². The number of rotatable bonds is 7. The Morgan fingerprint density at radius 1 is 1.29 bits per heavy atom. The van der Waals surface area contributed by atoms with Gasteiger partial charge in [-0.25, -0.2) is 0 Å². The molecular formula is C9H18N2O3. The van der Waals surface area contributed by atoms with Crippen LogP contribution in [0.25, 0.3) is 0 Å². The predicted octanol–water partition coefficient (Wildman–Crippen LogP) is -0.0809. The lowest BCUT2D eigenvalue weighted by molar-refractivity contribution is -0.137. The van der Waals surface area contributed by atoms with Gasteiger partial charge in [0.1, 0.15) is 0 Å². The normalized spacial score (nSPS) is 9.86. The van der Waals surface area contributed by atoms with Gasteiger partial charge in [-0.1, -0.05) is 0 Å². The third-order valence-corrected chi connectivity index (χ3v) is 1.91. The highest BCUT2D eigenvalue weighted by Crippen LogP contribution is 1.87. The van der Waals surface area contributed by atoms with Gasteiger partial charge in [-0.2, -0.15) is 0 Å². The van der Waals surface area contributed by atoms with E-state index in [4.69, 9.17) is 5.11 Å². The van der Waals surface area contributed by atoms with Crippen LogP contribution >= 0.6 is 0 Å². The molecular weight excluding hydrogens is 184 g/mol. The molecule has 0 bridgehead atoms. The van der Waals surface area contributed by atoms with E-state index in [0.717, 1.165) is 0 Å². The van der Waals surface area contributed by atoms with E-state index in [1.54, 1.807) is 4.90 Å². The van der Waals surface area contributed by atoms with Crippen LogP contribution in [0.3, 0.4) is 0 Å². The first kappa shape index (κ1) is 12.9. The molecule has 14 heavy (non-hydrogen) atoms. The summed E-state index contributed by atoms with van der Waals surface area (Å²) in [7, 11) is 0. The Bertz CT molecular complexity index is 190. The van der Waals surface area contributed by atoms with Crippen LogP contribution in [0.15, 0.2) is 0 Å². The average molecular weight is 202 g/mol. The fourth-order valence-electron chi connectivity index (χ4n) is 1.08. The minimum Gasteiger partial charge on any atom is -0.481 e. The molecule has 1 amide bonds. The summed E-state index contributed by atoms with van der Waals surface area (Å²) in [4.78, 5) is 23.2. The van der Waals surface area contributed by atoms with Gasteiger partial charge >= 0.3 is 5.97 Å². The van der Waals surface area contributed by atoms with Crippen LogP contribution < -0.4 is 5.32 Å². The third kappa shape index (κ3) is 5.53. The van der Waals surface area contributed by atoms with Crippen LogP contribution in [0.5, 0.6) is 0 Å². The summed E-state index contributed by atoms with van der Waals surface area (Å²) >= 11 is 0. The Kier molecular flexibility index (Phi) is 6.74. The molecule has 0 aromatic carbocycles. The summed E-state index contributed by atoms with van der Waals surface area (Å²) in [5.41, 5.74) is 0. The molecule has 0 radical (unpaired) electrons. The first-order valence-corrected chi connectivity index (χ1v) is 4.82. The van der Waals surface area contributed by atoms with E-state index in [2.05, 4.69) is 5.32 Å². The maximum atomic E-state index is 11.4. The molecule has 5 nitrogen and oxygen atoms in total. The number of hydrogen-bond donors (Lipinski definition) is 2. The van der Waals surface area contributed by atoms with Gasteiger partial charge in [0.05, 0.1) is 13.0 Å². The summed E-state index contributed by atoms with van der Waals surface area (Å²) in [6.07, 6.45) is 0.0472. The fraction of sp³-hybridized carbons (Fsp3) is 0.778. The summed E-state index contributed by atoms with van der Waals surface area (Å²) < 4.78 is 0. The first-order valence-electron chi connectivity index (χ1n) is 4.82. The minimum atomic E-state index is -0.854. The molecule has 5 heteroatoms. The Hall–Kier alpha value is -1.10. The van der Waals surface area contributed by atoms with E-state index < -0.39 is 5.97 Å². The largest absolute Gasteiger partial charge is 0.481 e. The molecule has 0 unspecified atom stereocenters. The molecule has 82 valence electrons. The highest BCUT2D eigenvalue weighted by Gasteiger charge is 2.08. The summed E-state index contributed by atoms with van der Waals surface area (Å²) in [5.74, 6) is -0.840. The van der Waals surface area contributed by atoms with Crippen molar-refractivity contribution in [3.63, 3.8) is 0 Å². The molecule has 0 rings (SSSR count). The molecule has 0 atom stereocenters. The predicted molar refractivity (Wildman–Crippen MR) is 53.1 cm³/mol. The van der Waals surface area contributed by atoms with Crippen molar-refractivity contribution in [2.24, 2.45) is 0 Å². The van der Waals surface area contributed by atoms with Crippen molar-refractivity contribution in [3.05, 3.63) is 0 Å². The fourth-order valence-corrected chi connectivity index (χ4v) is 1.08. The number of hydrogen-bond acceptors (Lipinski definition) is 3.